The van der Waals surface area contributed by atoms with E-state index in [9.17, 15) is 35.8 Å². The zero-order valence-corrected chi connectivity index (χ0v) is 14.4. The number of nitrogen functional groups attached to an aromatic ring is 1. The van der Waals surface area contributed by atoms with Crippen molar-refractivity contribution in [1.29, 1.82) is 0 Å². The van der Waals surface area contributed by atoms with Crippen molar-refractivity contribution in [2.45, 2.75) is 49.1 Å². The predicted octanol–water partition coefficient (Wildman–Crippen LogP) is 3.62. The average Bonchev–Trinajstić information content (AvgIpc) is 2.95. The number of ether oxygens (including phenoxy) is 1. The van der Waals surface area contributed by atoms with Gasteiger partial charge in [-0.2, -0.15) is 13.2 Å². The first-order valence-electron chi connectivity index (χ1n) is 8.27. The third-order valence-electron chi connectivity index (χ3n) is 5.14. The number of imidazole rings is 1. The summed E-state index contributed by atoms with van der Waals surface area (Å²) in [6.45, 7) is 0. The molecule has 0 saturated heterocycles. The van der Waals surface area contributed by atoms with Gasteiger partial charge in [-0.1, -0.05) is 0 Å². The molecule has 5 rings (SSSR count). The van der Waals surface area contributed by atoms with E-state index in [1.807, 2.05) is 0 Å². The van der Waals surface area contributed by atoms with Crippen LogP contribution in [-0.4, -0.2) is 37.8 Å². The molecule has 0 spiro atoms. The Hall–Kier alpha value is -2.57. The monoisotopic (exact) mass is 426 g/mol. The highest BCUT2D eigenvalue weighted by molar-refractivity contribution is 5.64. The van der Waals surface area contributed by atoms with Crippen LogP contribution in [0.2, 0.25) is 0 Å². The second-order valence-electron chi connectivity index (χ2n) is 7.36. The molecule has 0 radical (unpaired) electrons. The van der Waals surface area contributed by atoms with Crippen molar-refractivity contribution in [3.05, 3.63) is 24.3 Å². The number of anilines is 1. The molecule has 13 heteroatoms. The fraction of sp³-hybridized carbons (Fsp3) is 0.500. The molecule has 29 heavy (non-hydrogen) atoms. The van der Waals surface area contributed by atoms with Crippen LogP contribution in [0.3, 0.4) is 0 Å². The minimum absolute atomic E-state index is 0.0319. The lowest BCUT2D eigenvalue weighted by Crippen LogP contribution is -2.70. The summed E-state index contributed by atoms with van der Waals surface area (Å²) in [6.07, 6.45) is -11.0. The molecule has 1 atom stereocenters. The van der Waals surface area contributed by atoms with Crippen molar-refractivity contribution in [2.75, 3.05) is 5.73 Å². The highest BCUT2D eigenvalue weighted by Crippen LogP contribution is 2.68. The van der Waals surface area contributed by atoms with E-state index in [-0.39, 0.29) is 30.5 Å². The molecule has 3 N–H and O–H groups in total. The van der Waals surface area contributed by atoms with Crippen molar-refractivity contribution >= 4 is 5.82 Å². The fourth-order valence-corrected chi connectivity index (χ4v) is 3.92. The van der Waals surface area contributed by atoms with Crippen LogP contribution >= 0.6 is 0 Å². The van der Waals surface area contributed by atoms with Crippen molar-refractivity contribution in [3.63, 3.8) is 0 Å². The Morgan fingerprint density at radius 1 is 1.17 bits per heavy atom. The van der Waals surface area contributed by atoms with E-state index in [2.05, 4.69) is 14.7 Å². The second-order valence-corrected chi connectivity index (χ2v) is 7.36. The topological polar surface area (TPSA) is 86.2 Å². The van der Waals surface area contributed by atoms with Crippen LogP contribution in [0.25, 0.3) is 11.3 Å². The molecule has 6 nitrogen and oxygen atoms in total. The first-order chi connectivity index (χ1) is 13.2. The third kappa shape index (κ3) is 3.26. The molecule has 3 aliphatic carbocycles. The Bertz CT molecular complexity index is 949. The largest absolute Gasteiger partial charge is 0.573 e. The fourth-order valence-electron chi connectivity index (χ4n) is 3.92. The first-order valence-corrected chi connectivity index (χ1v) is 8.27. The van der Waals surface area contributed by atoms with Crippen molar-refractivity contribution in [2.24, 2.45) is 0 Å². The van der Waals surface area contributed by atoms with Gasteiger partial charge in [-0.25, -0.2) is 14.4 Å². The molecule has 0 aromatic carbocycles. The van der Waals surface area contributed by atoms with Crippen LogP contribution in [-0.2, 0) is 5.54 Å². The van der Waals surface area contributed by atoms with Gasteiger partial charge in [0.15, 0.2) is 11.6 Å². The molecule has 3 saturated carbocycles. The molecule has 3 fully saturated rings. The highest BCUT2D eigenvalue weighted by atomic mass is 19.4. The molecule has 3 aliphatic rings. The normalized spacial score (nSPS) is 27.2. The van der Waals surface area contributed by atoms with Crippen LogP contribution < -0.4 is 10.5 Å². The summed E-state index contributed by atoms with van der Waals surface area (Å²) >= 11 is 0. The Balaban J connectivity index is 1.76. The minimum Gasteiger partial charge on any atom is -0.402 e. The van der Waals surface area contributed by atoms with Gasteiger partial charge in [0, 0.05) is 37.2 Å². The Labute approximate surface area is 158 Å². The lowest BCUT2D eigenvalue weighted by molar-refractivity contribution is -0.274. The quantitative estimate of drug-likeness (QED) is 0.730. The maximum absolute atomic E-state index is 13.9. The van der Waals surface area contributed by atoms with Gasteiger partial charge in [0.25, 0.3) is 0 Å². The van der Waals surface area contributed by atoms with Crippen molar-refractivity contribution in [3.8, 4) is 17.0 Å². The molecule has 0 unspecified atom stereocenters. The number of aliphatic hydroxyl groups excluding tert-OH is 1. The molecule has 2 aromatic heterocycles. The number of hydrogen-bond acceptors (Lipinski definition) is 5. The van der Waals surface area contributed by atoms with Crippen LogP contribution in [0.4, 0.5) is 36.6 Å². The van der Waals surface area contributed by atoms with E-state index in [1.54, 1.807) is 0 Å². The molecule has 2 aromatic rings. The molecule has 158 valence electrons. The second kappa shape index (κ2) is 5.74. The lowest BCUT2D eigenvalue weighted by Gasteiger charge is -2.66. The predicted molar refractivity (Wildman–Crippen MR) is 83.2 cm³/mol. The number of rotatable bonds is 4. The number of aliphatic hydroxyl groups is 1. The molecular formula is C16H13F7N4O2. The van der Waals surface area contributed by atoms with Crippen molar-refractivity contribution < 1.29 is 40.6 Å². The summed E-state index contributed by atoms with van der Waals surface area (Å²) in [6, 6.07) is 0.824. The Kier molecular flexibility index (Phi) is 3.90. The van der Waals surface area contributed by atoms with E-state index in [1.165, 1.54) is 0 Å². The summed E-state index contributed by atoms with van der Waals surface area (Å²) < 4.78 is 95.4. The van der Waals surface area contributed by atoms with E-state index in [0.717, 1.165) is 23.0 Å². The first kappa shape index (κ1) is 19.7. The van der Waals surface area contributed by atoms with E-state index < -0.39 is 47.2 Å². The zero-order valence-electron chi connectivity index (χ0n) is 14.4. The van der Waals surface area contributed by atoms with E-state index >= 15 is 0 Å². The molecule has 0 amide bonds. The molecular weight excluding hydrogens is 413 g/mol. The summed E-state index contributed by atoms with van der Waals surface area (Å²) in [7, 11) is 0. The summed E-state index contributed by atoms with van der Waals surface area (Å²) in [5, 5.41) is 9.70. The number of nitrogens with two attached hydrogens (primary N) is 1. The number of nitrogens with zero attached hydrogens (tertiary/aromatic N) is 3. The maximum Gasteiger partial charge on any atom is 0.573 e. The lowest BCUT2D eigenvalue weighted by atomic mass is 9.47. The Morgan fingerprint density at radius 3 is 2.31 bits per heavy atom. The van der Waals surface area contributed by atoms with Gasteiger partial charge in [-0.05, 0) is 6.07 Å². The van der Waals surface area contributed by atoms with Crippen LogP contribution in [0, 0.1) is 0 Å². The van der Waals surface area contributed by atoms with Crippen LogP contribution in [0.15, 0.2) is 18.5 Å². The number of hydrogen-bond donors (Lipinski definition) is 2. The van der Waals surface area contributed by atoms with E-state index in [4.69, 9.17) is 5.73 Å². The Morgan fingerprint density at radius 2 is 1.79 bits per heavy atom. The third-order valence-corrected chi connectivity index (χ3v) is 5.14. The summed E-state index contributed by atoms with van der Waals surface area (Å²) in [5.74, 6) is -2.21. The van der Waals surface area contributed by atoms with Gasteiger partial charge in [0.2, 0.25) is 6.10 Å². The van der Waals surface area contributed by atoms with Gasteiger partial charge >= 0.3 is 12.5 Å². The van der Waals surface area contributed by atoms with Crippen molar-refractivity contribution in [1.82, 2.24) is 14.5 Å². The SMILES string of the molecule is Nc1ncc(-c2cn(C34CC(F)(C3)C4)c([C@@H](O)C(F)(F)F)n2)cc1OC(F)(F)F. The smallest absolute Gasteiger partial charge is 0.402 e. The maximum atomic E-state index is 13.9. The van der Waals surface area contributed by atoms with E-state index in [0.29, 0.717) is 0 Å². The number of aromatic nitrogens is 3. The molecule has 0 aliphatic heterocycles. The average molecular weight is 426 g/mol. The number of alkyl halides is 7. The molecule has 2 bridgehead atoms. The highest BCUT2D eigenvalue weighted by Gasteiger charge is 2.71. The summed E-state index contributed by atoms with van der Waals surface area (Å²) in [4.78, 5) is 7.31. The summed E-state index contributed by atoms with van der Waals surface area (Å²) in [5.41, 5.74) is 2.64. The minimum atomic E-state index is -5.06. The molecule has 2 heterocycles. The van der Waals surface area contributed by atoms with Gasteiger partial charge < -0.3 is 20.1 Å². The zero-order chi connectivity index (χ0) is 21.4. The van der Waals surface area contributed by atoms with Gasteiger partial charge in [-0.15, -0.1) is 13.2 Å². The number of halogens is 7. The van der Waals surface area contributed by atoms with Gasteiger partial charge in [0.1, 0.15) is 11.5 Å². The standard InChI is InChI=1S/C16H13F7N4O2/c17-13-4-14(5-13,6-13)27-3-8(26-12(27)10(28)15(18,19)20)7-1-9(11(24)25-2-7)29-16(21,22)23/h1-3,10,28H,4-6H2,(H2,24,25)/t10-,13?,14?/m1/s1. The van der Waals surface area contributed by atoms with Gasteiger partial charge in [0.05, 0.1) is 11.2 Å². The van der Waals surface area contributed by atoms with Crippen LogP contribution in [0.1, 0.15) is 31.2 Å². The van der Waals surface area contributed by atoms with Crippen LogP contribution in [0.5, 0.6) is 5.75 Å². The van der Waals surface area contributed by atoms with Gasteiger partial charge in [-0.3, -0.25) is 0 Å². The number of pyridine rings is 1.